The van der Waals surface area contributed by atoms with Gasteiger partial charge < -0.3 is 0 Å². The van der Waals surface area contributed by atoms with E-state index in [4.69, 9.17) is 18.6 Å². The van der Waals surface area contributed by atoms with Crippen LogP contribution >= 0.6 is 0 Å². The van der Waals surface area contributed by atoms with Crippen LogP contribution in [-0.2, 0) is 0 Å². The summed E-state index contributed by atoms with van der Waals surface area (Å²) in [5.74, 6) is 0. The third-order valence-electron chi connectivity index (χ3n) is 0. The van der Waals surface area contributed by atoms with Crippen LogP contribution in [0.2, 0.25) is 0 Å². The molecule has 0 heterocycles. The van der Waals surface area contributed by atoms with Gasteiger partial charge in [0, 0.05) is 19.8 Å². The Labute approximate surface area is 49.2 Å². The zero-order valence-electron chi connectivity index (χ0n) is 2.63. The molecule has 0 unspecified atom stereocenters. The second-order valence-corrected chi connectivity index (χ2v) is 1.19. The summed E-state index contributed by atoms with van der Waals surface area (Å²) in [5, 5.41) is 0. The first-order valence-corrected chi connectivity index (χ1v) is 1.90. The fourth-order valence-electron chi connectivity index (χ4n) is 0. The van der Waals surface area contributed by atoms with Gasteiger partial charge in [-0.05, 0) is 0 Å². The van der Waals surface area contributed by atoms with Crippen molar-refractivity contribution in [2.75, 3.05) is 0 Å². The quantitative estimate of drug-likeness (QED) is 0.371. The molecule has 6 heteroatoms. The largest absolute Gasteiger partial charge is 0.183 e. The van der Waals surface area contributed by atoms with Gasteiger partial charge in [0.15, 0.2) is 0 Å². The molecule has 0 aliphatic heterocycles. The summed E-state index contributed by atoms with van der Waals surface area (Å²) in [6.07, 6.45) is 0. The van der Waals surface area contributed by atoms with Crippen LogP contribution < -0.4 is 14.0 Å². The van der Waals surface area contributed by atoms with E-state index in [9.17, 15) is 0 Å². The van der Waals surface area contributed by atoms with Gasteiger partial charge in [0.2, 0.25) is 0 Å². The van der Waals surface area contributed by atoms with Crippen LogP contribution in [0.3, 0.4) is 0 Å². The van der Waals surface area contributed by atoms with E-state index in [2.05, 4.69) is 0 Å². The molecule has 0 aromatic rings. The predicted octanol–water partition coefficient (Wildman–Crippen LogP) is -4.50. The predicted molar refractivity (Wildman–Crippen MR) is 7.97 cm³/mol. The van der Waals surface area contributed by atoms with Gasteiger partial charge in [0.25, 0.3) is 0 Å². The molecule has 35 valence electrons. The standard InChI is InChI=1S/ClHO4.Ga/c2-1(3,4)5;/h(H,2,3,4,5);. The van der Waals surface area contributed by atoms with Crippen LogP contribution in [0.5, 0.6) is 0 Å². The number of hydrogen-bond donors (Lipinski definition) is 1. The minimum atomic E-state index is -4.69. The molecular formula is HClGaO4. The molecule has 0 aliphatic rings. The molecular weight excluding hydrogens is 169 g/mol. The molecule has 0 aliphatic carbocycles. The normalized spacial score (nSPS) is 10.0. The smallest absolute Gasteiger partial charge is 0.0777 e. The summed E-state index contributed by atoms with van der Waals surface area (Å²) in [7, 11) is -4.69. The maximum atomic E-state index is 8.60. The zero-order valence-corrected chi connectivity index (χ0v) is 5.81. The van der Waals surface area contributed by atoms with Crippen molar-refractivity contribution in [3.05, 3.63) is 0 Å². The maximum Gasteiger partial charge on any atom is 0.0777 e. The van der Waals surface area contributed by atoms with E-state index in [1.807, 2.05) is 0 Å². The Balaban J connectivity index is 0. The first kappa shape index (κ1) is 9.90. The van der Waals surface area contributed by atoms with Crippen molar-refractivity contribution in [1.82, 2.24) is 0 Å². The monoisotopic (exact) mass is 169 g/mol. The second-order valence-electron chi connectivity index (χ2n) is 0.396. The molecule has 1 N–H and O–H groups in total. The molecule has 4 nitrogen and oxygen atoms in total. The molecule has 0 amide bonds. The summed E-state index contributed by atoms with van der Waals surface area (Å²) in [6.45, 7) is 0. The number of halogens is 1. The van der Waals surface area contributed by atoms with Gasteiger partial charge in [-0.1, -0.05) is 0 Å². The van der Waals surface area contributed by atoms with Crippen LogP contribution in [0.15, 0.2) is 0 Å². The van der Waals surface area contributed by atoms with Crippen molar-refractivity contribution in [2.24, 2.45) is 0 Å². The van der Waals surface area contributed by atoms with Crippen molar-refractivity contribution >= 4 is 19.8 Å². The van der Waals surface area contributed by atoms with E-state index in [0.717, 1.165) is 0 Å². The van der Waals surface area contributed by atoms with Crippen molar-refractivity contribution in [3.8, 4) is 0 Å². The minimum absolute atomic E-state index is 0. The fourth-order valence-corrected chi connectivity index (χ4v) is 0. The Morgan fingerprint density at radius 2 is 1.17 bits per heavy atom. The maximum absolute atomic E-state index is 8.60. The first-order chi connectivity index (χ1) is 2.00. The Bertz CT molecular complexity index is 23.0. The number of hydrogen-bond acceptors (Lipinski definition) is 4. The van der Waals surface area contributed by atoms with Gasteiger partial charge in [0.1, 0.15) is 0 Å². The molecule has 6 heavy (non-hydrogen) atoms. The molecule has 0 fully saturated rings. The van der Waals surface area contributed by atoms with Crippen molar-refractivity contribution in [1.29, 1.82) is 0 Å². The molecule has 3 radical (unpaired) electrons. The van der Waals surface area contributed by atoms with Crippen LogP contribution in [0, 0.1) is 10.2 Å². The van der Waals surface area contributed by atoms with E-state index in [-0.39, 0.29) is 19.8 Å². The summed E-state index contributed by atoms with van der Waals surface area (Å²) in [6, 6.07) is 0. The van der Waals surface area contributed by atoms with Crippen LogP contribution in [0.1, 0.15) is 0 Å². The molecule has 0 rings (SSSR count). The molecule has 0 bridgehead atoms. The number of rotatable bonds is 0. The summed E-state index contributed by atoms with van der Waals surface area (Å²) in [4.78, 5) is 0. The van der Waals surface area contributed by atoms with Crippen LogP contribution in [0.4, 0.5) is 0 Å². The Hall–Kier alpha value is 0.766. The fraction of sp³-hybridized carbons (Fsp3) is 0. The Morgan fingerprint density at radius 3 is 1.17 bits per heavy atom. The molecule has 0 aromatic carbocycles. The van der Waals surface area contributed by atoms with Gasteiger partial charge in [-0.2, -0.15) is 14.0 Å². The van der Waals surface area contributed by atoms with E-state index in [0.29, 0.717) is 0 Å². The minimum Gasteiger partial charge on any atom is -0.183 e. The zero-order chi connectivity index (χ0) is 4.50. The Kier molecular flexibility index (Phi) is 4.72. The molecule has 0 aromatic heterocycles. The van der Waals surface area contributed by atoms with E-state index >= 15 is 0 Å². The van der Waals surface area contributed by atoms with Crippen molar-refractivity contribution in [3.63, 3.8) is 0 Å². The van der Waals surface area contributed by atoms with E-state index in [1.54, 1.807) is 0 Å². The van der Waals surface area contributed by atoms with Crippen LogP contribution in [-0.4, -0.2) is 24.4 Å². The van der Waals surface area contributed by atoms with Crippen molar-refractivity contribution < 1.29 is 28.9 Å². The average Bonchev–Trinajstić information content (AvgIpc) is 0.722. The van der Waals surface area contributed by atoms with Gasteiger partial charge in [0.05, 0.1) is 14.9 Å². The molecule has 0 saturated carbocycles. The van der Waals surface area contributed by atoms with Crippen molar-refractivity contribution in [2.45, 2.75) is 0 Å². The van der Waals surface area contributed by atoms with Gasteiger partial charge in [-0.3, -0.25) is 0 Å². The summed E-state index contributed by atoms with van der Waals surface area (Å²) in [5.41, 5.74) is 0. The third-order valence-corrected chi connectivity index (χ3v) is 0. The van der Waals surface area contributed by atoms with Crippen LogP contribution in [0.25, 0.3) is 0 Å². The molecule has 0 atom stereocenters. The van der Waals surface area contributed by atoms with E-state index < -0.39 is 10.2 Å². The summed E-state index contributed by atoms with van der Waals surface area (Å²) < 4.78 is 32.7. The van der Waals surface area contributed by atoms with Gasteiger partial charge in [-0.15, -0.1) is 0 Å². The topological polar surface area (TPSA) is 89.4 Å². The van der Waals surface area contributed by atoms with E-state index in [1.165, 1.54) is 0 Å². The third kappa shape index (κ3) is 115. The van der Waals surface area contributed by atoms with Gasteiger partial charge in [-0.25, -0.2) is 0 Å². The average molecular weight is 170 g/mol. The first-order valence-electron chi connectivity index (χ1n) is 0.632. The summed E-state index contributed by atoms with van der Waals surface area (Å²) >= 11 is 0. The van der Waals surface area contributed by atoms with Gasteiger partial charge >= 0.3 is 0 Å². The Morgan fingerprint density at radius 1 is 1.17 bits per heavy atom. The molecule has 0 spiro atoms. The molecule has 0 saturated heterocycles. The second kappa shape index (κ2) is 2.86. The SMILES string of the molecule is [Ga].[O-][Cl+3]([O-])([O-])O.